The molecule has 0 saturated heterocycles. The lowest BCUT2D eigenvalue weighted by Crippen LogP contribution is -2.41. The molecule has 1 atom stereocenters. The number of nitrogens with zero attached hydrogens (tertiary/aromatic N) is 3. The molecule has 6 heteroatoms. The molecule has 6 nitrogen and oxygen atoms in total. The van der Waals surface area contributed by atoms with E-state index in [4.69, 9.17) is 9.26 Å². The number of rotatable bonds is 8. The number of amides is 1. The van der Waals surface area contributed by atoms with E-state index in [2.05, 4.69) is 44.8 Å². The summed E-state index contributed by atoms with van der Waals surface area (Å²) in [5.41, 5.74) is 0.805. The van der Waals surface area contributed by atoms with Crippen molar-refractivity contribution >= 4 is 5.91 Å². The summed E-state index contributed by atoms with van der Waals surface area (Å²) >= 11 is 0. The summed E-state index contributed by atoms with van der Waals surface area (Å²) in [7, 11) is 1.62. The van der Waals surface area contributed by atoms with Crippen molar-refractivity contribution in [2.24, 2.45) is 5.41 Å². The van der Waals surface area contributed by atoms with Crippen molar-refractivity contribution < 1.29 is 14.1 Å². The van der Waals surface area contributed by atoms with E-state index in [-0.39, 0.29) is 17.4 Å². The second kappa shape index (κ2) is 9.02. The monoisotopic (exact) mass is 373 g/mol. The van der Waals surface area contributed by atoms with E-state index in [1.807, 2.05) is 29.2 Å². The maximum atomic E-state index is 12.7. The zero-order valence-electron chi connectivity index (χ0n) is 17.3. The Hall–Kier alpha value is -2.37. The summed E-state index contributed by atoms with van der Waals surface area (Å²) in [6.45, 7) is 11.0. The molecule has 148 valence electrons. The van der Waals surface area contributed by atoms with Crippen molar-refractivity contribution in [3.05, 3.63) is 30.2 Å². The third-order valence-corrected chi connectivity index (χ3v) is 4.49. The van der Waals surface area contributed by atoms with Crippen LogP contribution in [0.1, 0.15) is 53.4 Å². The highest BCUT2D eigenvalue weighted by atomic mass is 16.5. The average Bonchev–Trinajstić information content (AvgIpc) is 3.09. The lowest BCUT2D eigenvalue weighted by molar-refractivity contribution is -0.135. The molecule has 0 aliphatic rings. The lowest BCUT2D eigenvalue weighted by atomic mass is 9.91. The third-order valence-electron chi connectivity index (χ3n) is 4.49. The van der Waals surface area contributed by atoms with E-state index >= 15 is 0 Å². The Balaban J connectivity index is 2.06. The van der Waals surface area contributed by atoms with Crippen molar-refractivity contribution in [2.45, 2.75) is 59.9 Å². The van der Waals surface area contributed by atoms with Crippen molar-refractivity contribution in [2.75, 3.05) is 13.7 Å². The van der Waals surface area contributed by atoms with Crippen molar-refractivity contribution in [3.63, 3.8) is 0 Å². The summed E-state index contributed by atoms with van der Waals surface area (Å²) in [6, 6.07) is 7.72. The summed E-state index contributed by atoms with van der Waals surface area (Å²) in [4.78, 5) is 19.1. The molecule has 1 aromatic heterocycles. The Morgan fingerprint density at radius 1 is 1.33 bits per heavy atom. The number of aromatic nitrogens is 2. The molecule has 0 spiro atoms. The second-order valence-electron chi connectivity index (χ2n) is 8.08. The van der Waals surface area contributed by atoms with Gasteiger partial charge in [-0.2, -0.15) is 4.98 Å². The Labute approximate surface area is 161 Å². The van der Waals surface area contributed by atoms with Crippen LogP contribution >= 0.6 is 0 Å². The Kier molecular flexibility index (Phi) is 6.99. The standard InChI is InChI=1S/C21H31N3O3/c1-7-15(2)24(19(25)14-21(3,4)5)12-11-18-22-20(23-27-18)16-9-8-10-17(13-16)26-6/h8-10,13,15H,7,11-12,14H2,1-6H3. The molecule has 0 aliphatic heterocycles. The van der Waals surface area contributed by atoms with Crippen molar-refractivity contribution in [1.29, 1.82) is 0 Å². The molecule has 1 amide bonds. The molecule has 0 radical (unpaired) electrons. The van der Waals surface area contributed by atoms with Gasteiger partial charge in [0.2, 0.25) is 17.6 Å². The SMILES string of the molecule is CCC(C)N(CCc1nc(-c2cccc(OC)c2)no1)C(=O)CC(C)(C)C. The third kappa shape index (κ3) is 6.08. The summed E-state index contributed by atoms with van der Waals surface area (Å²) in [5.74, 6) is 1.98. The van der Waals surface area contributed by atoms with Gasteiger partial charge < -0.3 is 14.2 Å². The fraction of sp³-hybridized carbons (Fsp3) is 0.571. The maximum absolute atomic E-state index is 12.7. The first kappa shape index (κ1) is 20.9. The molecule has 1 heterocycles. The molecule has 0 aliphatic carbocycles. The van der Waals surface area contributed by atoms with Gasteiger partial charge in [-0.15, -0.1) is 0 Å². The largest absolute Gasteiger partial charge is 0.497 e. The van der Waals surface area contributed by atoms with Gasteiger partial charge in [-0.1, -0.05) is 45.0 Å². The van der Waals surface area contributed by atoms with Gasteiger partial charge in [-0.25, -0.2) is 0 Å². The molecule has 2 rings (SSSR count). The van der Waals surface area contributed by atoms with Crippen LogP contribution in [0.15, 0.2) is 28.8 Å². The van der Waals surface area contributed by atoms with E-state index in [1.54, 1.807) is 7.11 Å². The highest BCUT2D eigenvalue weighted by Crippen LogP contribution is 2.23. The van der Waals surface area contributed by atoms with E-state index in [0.29, 0.717) is 31.1 Å². The predicted molar refractivity (Wildman–Crippen MR) is 106 cm³/mol. The van der Waals surface area contributed by atoms with Gasteiger partial charge in [-0.3, -0.25) is 4.79 Å². The molecule has 0 N–H and O–H groups in total. The topological polar surface area (TPSA) is 68.5 Å². The maximum Gasteiger partial charge on any atom is 0.228 e. The van der Waals surface area contributed by atoms with Crippen LogP contribution in [0.5, 0.6) is 5.75 Å². The van der Waals surface area contributed by atoms with Crippen LogP contribution in [0, 0.1) is 5.41 Å². The fourth-order valence-electron chi connectivity index (χ4n) is 2.82. The van der Waals surface area contributed by atoms with E-state index < -0.39 is 0 Å². The van der Waals surface area contributed by atoms with Gasteiger partial charge >= 0.3 is 0 Å². The average molecular weight is 373 g/mol. The van der Waals surface area contributed by atoms with Crippen LogP contribution in [-0.4, -0.2) is 40.6 Å². The van der Waals surface area contributed by atoms with Crippen molar-refractivity contribution in [3.8, 4) is 17.1 Å². The van der Waals surface area contributed by atoms with Crippen LogP contribution in [0.25, 0.3) is 11.4 Å². The quantitative estimate of drug-likeness (QED) is 0.688. The summed E-state index contributed by atoms with van der Waals surface area (Å²) in [5, 5.41) is 4.06. The molecule has 27 heavy (non-hydrogen) atoms. The molecular weight excluding hydrogens is 342 g/mol. The van der Waals surface area contributed by atoms with E-state index in [1.165, 1.54) is 0 Å². The summed E-state index contributed by atoms with van der Waals surface area (Å²) < 4.78 is 10.6. The van der Waals surface area contributed by atoms with Gasteiger partial charge in [0.15, 0.2) is 0 Å². The van der Waals surface area contributed by atoms with Gasteiger partial charge in [0.25, 0.3) is 0 Å². The second-order valence-corrected chi connectivity index (χ2v) is 8.08. The minimum absolute atomic E-state index is 0.0349. The first-order valence-electron chi connectivity index (χ1n) is 9.50. The first-order valence-corrected chi connectivity index (χ1v) is 9.50. The van der Waals surface area contributed by atoms with Gasteiger partial charge in [0, 0.05) is 31.0 Å². The van der Waals surface area contributed by atoms with Crippen LogP contribution in [0.2, 0.25) is 0 Å². The molecule has 1 aromatic carbocycles. The van der Waals surface area contributed by atoms with Crippen LogP contribution in [0.4, 0.5) is 0 Å². The molecule has 1 unspecified atom stereocenters. The van der Waals surface area contributed by atoms with E-state index in [9.17, 15) is 4.79 Å². The van der Waals surface area contributed by atoms with Crippen LogP contribution in [0.3, 0.4) is 0 Å². The van der Waals surface area contributed by atoms with Crippen LogP contribution in [-0.2, 0) is 11.2 Å². The molecular formula is C21H31N3O3. The number of benzene rings is 1. The highest BCUT2D eigenvalue weighted by molar-refractivity contribution is 5.77. The zero-order valence-corrected chi connectivity index (χ0v) is 17.3. The lowest BCUT2D eigenvalue weighted by Gasteiger charge is -2.31. The highest BCUT2D eigenvalue weighted by Gasteiger charge is 2.24. The normalized spacial score (nSPS) is 12.7. The number of ether oxygens (including phenoxy) is 1. The number of hydrogen-bond acceptors (Lipinski definition) is 5. The number of hydrogen-bond donors (Lipinski definition) is 0. The minimum Gasteiger partial charge on any atom is -0.497 e. The number of carbonyl (C=O) groups excluding carboxylic acids is 1. The minimum atomic E-state index is -0.0349. The van der Waals surface area contributed by atoms with Gasteiger partial charge in [-0.05, 0) is 30.9 Å². The summed E-state index contributed by atoms with van der Waals surface area (Å²) in [6.07, 6.45) is 1.97. The Morgan fingerprint density at radius 3 is 2.70 bits per heavy atom. The number of carbonyl (C=O) groups is 1. The Bertz CT molecular complexity index is 749. The van der Waals surface area contributed by atoms with Gasteiger partial charge in [0.1, 0.15) is 5.75 Å². The van der Waals surface area contributed by atoms with Crippen molar-refractivity contribution in [1.82, 2.24) is 15.0 Å². The molecule has 0 bridgehead atoms. The van der Waals surface area contributed by atoms with E-state index in [0.717, 1.165) is 17.7 Å². The molecule has 2 aromatic rings. The number of methoxy groups -OCH3 is 1. The molecule has 0 fully saturated rings. The Morgan fingerprint density at radius 2 is 2.07 bits per heavy atom. The molecule has 0 saturated carbocycles. The zero-order chi connectivity index (χ0) is 20.0. The van der Waals surface area contributed by atoms with Crippen LogP contribution < -0.4 is 4.74 Å². The predicted octanol–water partition coefficient (Wildman–Crippen LogP) is 4.35. The van der Waals surface area contributed by atoms with Gasteiger partial charge in [0.05, 0.1) is 7.11 Å². The fourth-order valence-corrected chi connectivity index (χ4v) is 2.82. The first-order chi connectivity index (χ1) is 12.7. The smallest absolute Gasteiger partial charge is 0.228 e.